The van der Waals surface area contributed by atoms with Crippen LogP contribution in [0.2, 0.25) is 5.02 Å². The van der Waals surface area contributed by atoms with Gasteiger partial charge in [0, 0.05) is 24.2 Å². The van der Waals surface area contributed by atoms with E-state index in [1.165, 1.54) is 31.2 Å². The maximum absolute atomic E-state index is 5.96. The molecule has 4 atom stereocenters. The second kappa shape index (κ2) is 6.68. The van der Waals surface area contributed by atoms with Crippen LogP contribution in [0, 0.1) is 5.92 Å². The topological polar surface area (TPSA) is 12.5 Å². The Labute approximate surface area is 133 Å². The summed E-state index contributed by atoms with van der Waals surface area (Å²) >= 11 is 5.96. The summed E-state index contributed by atoms with van der Waals surface area (Å²) in [4.78, 5) is 2.67. The van der Waals surface area contributed by atoms with Crippen LogP contribution >= 0.6 is 11.6 Å². The van der Waals surface area contributed by atoms with Gasteiger partial charge in [-0.25, -0.2) is 0 Å². The monoisotopic (exact) mass is 307 g/mol. The number of rotatable bonds is 3. The molecule has 1 aliphatic carbocycles. The molecule has 3 rings (SSSR count). The van der Waals surface area contributed by atoms with Gasteiger partial charge in [0.25, 0.3) is 0 Å². The predicted octanol–water partition coefficient (Wildman–Crippen LogP) is 4.16. The molecule has 0 radical (unpaired) electrons. The third-order valence-electron chi connectivity index (χ3n) is 4.92. The van der Waals surface area contributed by atoms with Gasteiger partial charge >= 0.3 is 0 Å². The highest BCUT2D eigenvalue weighted by Crippen LogP contribution is 2.33. The molecular formula is C18H26ClNO. The van der Waals surface area contributed by atoms with Gasteiger partial charge in [-0.05, 0) is 63.1 Å². The molecule has 2 fully saturated rings. The lowest BCUT2D eigenvalue weighted by Gasteiger charge is -2.39. The highest BCUT2D eigenvalue weighted by molar-refractivity contribution is 6.30. The Morgan fingerprint density at radius 1 is 1.10 bits per heavy atom. The van der Waals surface area contributed by atoms with Crippen molar-refractivity contribution in [1.29, 1.82) is 0 Å². The van der Waals surface area contributed by atoms with Gasteiger partial charge in [-0.3, -0.25) is 4.90 Å². The molecule has 3 heteroatoms. The molecule has 0 bridgehead atoms. The molecular weight excluding hydrogens is 282 g/mol. The first-order valence-electron chi connectivity index (χ1n) is 8.24. The number of morpholine rings is 1. The van der Waals surface area contributed by atoms with Crippen molar-refractivity contribution in [3.63, 3.8) is 0 Å². The van der Waals surface area contributed by atoms with Crippen LogP contribution in [-0.4, -0.2) is 36.2 Å². The Kier molecular flexibility index (Phi) is 4.88. The average Bonchev–Trinajstić information content (AvgIpc) is 2.89. The fraction of sp³-hybridized carbons (Fsp3) is 0.667. The van der Waals surface area contributed by atoms with Crippen LogP contribution in [0.3, 0.4) is 0 Å². The second-order valence-corrected chi connectivity index (χ2v) is 7.31. The summed E-state index contributed by atoms with van der Waals surface area (Å²) in [5, 5.41) is 0.833. The molecule has 21 heavy (non-hydrogen) atoms. The van der Waals surface area contributed by atoms with Crippen LogP contribution in [0.1, 0.15) is 38.7 Å². The Hall–Kier alpha value is -0.570. The lowest BCUT2D eigenvalue weighted by atomic mass is 9.97. The molecule has 0 N–H and O–H groups in total. The number of hydrogen-bond acceptors (Lipinski definition) is 2. The molecule has 1 aromatic carbocycles. The summed E-state index contributed by atoms with van der Waals surface area (Å²) < 4.78 is 5.86. The summed E-state index contributed by atoms with van der Waals surface area (Å²) in [5.74, 6) is 0.824. The van der Waals surface area contributed by atoms with E-state index < -0.39 is 0 Å². The van der Waals surface area contributed by atoms with Crippen molar-refractivity contribution < 1.29 is 4.74 Å². The zero-order valence-electron chi connectivity index (χ0n) is 13.1. The molecule has 2 aliphatic rings. The van der Waals surface area contributed by atoms with Gasteiger partial charge in [-0.15, -0.1) is 0 Å². The van der Waals surface area contributed by atoms with Crippen molar-refractivity contribution in [2.24, 2.45) is 5.92 Å². The van der Waals surface area contributed by atoms with Gasteiger partial charge in [0.05, 0.1) is 12.2 Å². The predicted molar refractivity (Wildman–Crippen MR) is 87.9 cm³/mol. The minimum Gasteiger partial charge on any atom is -0.373 e. The molecule has 2 nitrogen and oxygen atoms in total. The molecule has 1 saturated carbocycles. The summed E-state index contributed by atoms with van der Waals surface area (Å²) in [7, 11) is 0. The van der Waals surface area contributed by atoms with Crippen LogP contribution in [0.4, 0.5) is 0 Å². The van der Waals surface area contributed by atoms with Gasteiger partial charge in [0.2, 0.25) is 0 Å². The summed E-state index contributed by atoms with van der Waals surface area (Å²) in [6, 6.07) is 9.13. The number of nitrogens with zero attached hydrogens (tertiary/aromatic N) is 1. The average molecular weight is 308 g/mol. The van der Waals surface area contributed by atoms with Crippen molar-refractivity contribution in [3.05, 3.63) is 34.9 Å². The normalized spacial score (nSPS) is 34.2. The fourth-order valence-corrected chi connectivity index (χ4v) is 4.16. The van der Waals surface area contributed by atoms with Gasteiger partial charge < -0.3 is 4.74 Å². The molecule has 0 aromatic heterocycles. The molecule has 1 aliphatic heterocycles. The minimum absolute atomic E-state index is 0.379. The molecule has 0 amide bonds. The first kappa shape index (κ1) is 15.3. The fourth-order valence-electron chi connectivity index (χ4n) is 4.04. The van der Waals surface area contributed by atoms with E-state index in [1.807, 2.05) is 12.1 Å². The Morgan fingerprint density at radius 3 is 2.43 bits per heavy atom. The zero-order valence-corrected chi connectivity index (χ0v) is 13.9. The van der Waals surface area contributed by atoms with Gasteiger partial charge in [0.1, 0.15) is 0 Å². The molecule has 0 spiro atoms. The molecule has 1 aromatic rings. The van der Waals surface area contributed by atoms with E-state index >= 15 is 0 Å². The molecule has 1 heterocycles. The smallest absolute Gasteiger partial charge is 0.0678 e. The molecule has 1 saturated heterocycles. The van der Waals surface area contributed by atoms with Crippen LogP contribution < -0.4 is 0 Å². The van der Waals surface area contributed by atoms with E-state index in [2.05, 4.69) is 30.9 Å². The third-order valence-corrected chi connectivity index (χ3v) is 5.17. The maximum atomic E-state index is 5.96. The number of hydrogen-bond donors (Lipinski definition) is 0. The van der Waals surface area contributed by atoms with E-state index in [0.29, 0.717) is 12.2 Å². The van der Waals surface area contributed by atoms with Crippen molar-refractivity contribution in [3.8, 4) is 0 Å². The van der Waals surface area contributed by atoms with E-state index in [0.717, 1.165) is 30.1 Å². The van der Waals surface area contributed by atoms with Crippen LogP contribution in [0.25, 0.3) is 0 Å². The van der Waals surface area contributed by atoms with Crippen molar-refractivity contribution in [1.82, 2.24) is 4.90 Å². The highest BCUT2D eigenvalue weighted by Gasteiger charge is 2.33. The van der Waals surface area contributed by atoms with Crippen molar-refractivity contribution in [2.45, 2.75) is 57.8 Å². The van der Waals surface area contributed by atoms with Crippen LogP contribution in [0.5, 0.6) is 0 Å². The van der Waals surface area contributed by atoms with Crippen LogP contribution in [0.15, 0.2) is 24.3 Å². The Bertz CT molecular complexity index is 451. The summed E-state index contributed by atoms with van der Waals surface area (Å²) in [6.07, 6.45) is 5.99. The first-order valence-corrected chi connectivity index (χ1v) is 8.62. The van der Waals surface area contributed by atoms with Gasteiger partial charge in [0.15, 0.2) is 0 Å². The third kappa shape index (κ3) is 4.00. The Morgan fingerprint density at radius 2 is 1.76 bits per heavy atom. The van der Waals surface area contributed by atoms with Gasteiger partial charge in [-0.2, -0.15) is 0 Å². The second-order valence-electron chi connectivity index (χ2n) is 6.87. The lowest BCUT2D eigenvalue weighted by molar-refractivity contribution is -0.0799. The summed E-state index contributed by atoms with van der Waals surface area (Å²) in [5.41, 5.74) is 1.42. The highest BCUT2D eigenvalue weighted by atomic mass is 35.5. The first-order chi connectivity index (χ1) is 10.1. The lowest BCUT2D eigenvalue weighted by Crippen LogP contribution is -2.49. The number of ether oxygens (including phenoxy) is 1. The summed E-state index contributed by atoms with van der Waals surface area (Å²) in [6.45, 7) is 6.59. The number of halogens is 1. The van der Waals surface area contributed by atoms with Gasteiger partial charge in [-0.1, -0.05) is 23.7 Å². The van der Waals surface area contributed by atoms with Crippen molar-refractivity contribution in [2.75, 3.05) is 13.1 Å². The molecule has 2 unspecified atom stereocenters. The van der Waals surface area contributed by atoms with E-state index in [1.54, 1.807) is 0 Å². The standard InChI is InChI=1S/C18H26ClNO/c1-13-11-20(12-14(2)21-13)18-8-5-16(10-18)9-15-3-6-17(19)7-4-15/h3-4,6-7,13-14,16,18H,5,8-12H2,1-2H3/t13-,14+,16?,18?. The molecule has 116 valence electrons. The largest absolute Gasteiger partial charge is 0.373 e. The minimum atomic E-state index is 0.379. The Balaban J connectivity index is 1.54. The SMILES string of the molecule is C[C@@H]1CN(C2CCC(Cc3ccc(Cl)cc3)C2)C[C@H](C)O1. The zero-order chi connectivity index (χ0) is 14.8. The van der Waals surface area contributed by atoms with E-state index in [4.69, 9.17) is 16.3 Å². The maximum Gasteiger partial charge on any atom is 0.0678 e. The number of benzene rings is 1. The van der Waals surface area contributed by atoms with Crippen LogP contribution in [-0.2, 0) is 11.2 Å². The van der Waals surface area contributed by atoms with E-state index in [-0.39, 0.29) is 0 Å². The quantitative estimate of drug-likeness (QED) is 0.831. The van der Waals surface area contributed by atoms with Crippen molar-refractivity contribution >= 4 is 11.6 Å². The van der Waals surface area contributed by atoms with E-state index in [9.17, 15) is 0 Å².